The van der Waals surface area contributed by atoms with Crippen LogP contribution in [0.15, 0.2) is 12.3 Å². The second-order valence-corrected chi connectivity index (χ2v) is 5.00. The number of nitrogens with zero attached hydrogens (tertiary/aromatic N) is 2. The molecule has 1 atom stereocenters. The van der Waals surface area contributed by atoms with Gasteiger partial charge in [-0.05, 0) is 18.4 Å². The van der Waals surface area contributed by atoms with E-state index >= 15 is 0 Å². The summed E-state index contributed by atoms with van der Waals surface area (Å²) in [5.74, 6) is -0.537. The molecule has 4 nitrogen and oxygen atoms in total. The number of hydrogen-bond acceptors (Lipinski definition) is 2. The Morgan fingerprint density at radius 2 is 2.06 bits per heavy atom. The topological polar surface area (TPSA) is 46.9 Å². The van der Waals surface area contributed by atoms with Crippen molar-refractivity contribution in [1.29, 1.82) is 0 Å². The highest BCUT2D eigenvalue weighted by Gasteiger charge is 2.24. The van der Waals surface area contributed by atoms with Crippen molar-refractivity contribution in [2.24, 2.45) is 5.41 Å². The number of halogens is 2. The van der Waals surface area contributed by atoms with Crippen LogP contribution in [-0.2, 0) is 0 Å². The lowest BCUT2D eigenvalue weighted by Gasteiger charge is -2.28. The van der Waals surface area contributed by atoms with Crippen LogP contribution >= 0.6 is 0 Å². The third-order valence-corrected chi connectivity index (χ3v) is 2.73. The zero-order valence-electron chi connectivity index (χ0n) is 10.4. The molecule has 1 unspecified atom stereocenters. The number of amides is 1. The molecule has 1 rings (SSSR count). The monoisotopic (exact) mass is 245 g/mol. The molecule has 1 heterocycles. The zero-order chi connectivity index (χ0) is 13.2. The van der Waals surface area contributed by atoms with E-state index in [0.717, 1.165) is 0 Å². The Morgan fingerprint density at radius 1 is 1.47 bits per heavy atom. The number of alkyl halides is 2. The predicted octanol–water partition coefficient (Wildman–Crippen LogP) is 2.44. The van der Waals surface area contributed by atoms with E-state index in [0.29, 0.717) is 4.68 Å². The molecule has 0 aliphatic heterocycles. The lowest BCUT2D eigenvalue weighted by molar-refractivity contribution is 0.0503. The molecule has 1 aromatic rings. The van der Waals surface area contributed by atoms with Crippen LogP contribution in [0.3, 0.4) is 0 Å². The van der Waals surface area contributed by atoms with E-state index in [1.807, 2.05) is 27.7 Å². The van der Waals surface area contributed by atoms with E-state index in [-0.39, 0.29) is 17.2 Å². The fourth-order valence-electron chi connectivity index (χ4n) is 1.14. The molecule has 96 valence electrons. The maximum Gasteiger partial charge on any atom is 0.333 e. The van der Waals surface area contributed by atoms with E-state index in [2.05, 4.69) is 10.4 Å². The first-order chi connectivity index (χ1) is 7.73. The standard InChI is InChI=1S/C11H17F2N3O/c1-7(11(2,3)4)15-9(17)8-5-6-14-16(8)10(12)13/h5-7,10H,1-4H3,(H,15,17). The summed E-state index contributed by atoms with van der Waals surface area (Å²) in [6, 6.07) is 1.15. The summed E-state index contributed by atoms with van der Waals surface area (Å²) in [5, 5.41) is 6.10. The normalized spacial score (nSPS) is 13.8. The lowest BCUT2D eigenvalue weighted by Crippen LogP contribution is -2.42. The van der Waals surface area contributed by atoms with Gasteiger partial charge in [0.1, 0.15) is 5.69 Å². The third kappa shape index (κ3) is 3.25. The first-order valence-corrected chi connectivity index (χ1v) is 5.36. The Hall–Kier alpha value is -1.46. The fraction of sp³-hybridized carbons (Fsp3) is 0.636. The van der Waals surface area contributed by atoms with E-state index in [4.69, 9.17) is 0 Å². The van der Waals surface area contributed by atoms with Gasteiger partial charge in [-0.2, -0.15) is 18.6 Å². The Bertz CT molecular complexity index is 396. The maximum absolute atomic E-state index is 12.5. The molecular formula is C11H17F2N3O. The summed E-state index contributed by atoms with van der Waals surface area (Å²) in [7, 11) is 0. The first kappa shape index (κ1) is 13.6. The highest BCUT2D eigenvalue weighted by Crippen LogP contribution is 2.19. The van der Waals surface area contributed by atoms with Gasteiger partial charge in [-0.15, -0.1) is 0 Å². The van der Waals surface area contributed by atoms with Gasteiger partial charge >= 0.3 is 6.55 Å². The summed E-state index contributed by atoms with van der Waals surface area (Å²) in [5.41, 5.74) is -0.262. The minimum Gasteiger partial charge on any atom is -0.348 e. The van der Waals surface area contributed by atoms with Gasteiger partial charge in [0, 0.05) is 12.2 Å². The Kier molecular flexibility index (Phi) is 3.85. The van der Waals surface area contributed by atoms with Crippen molar-refractivity contribution in [3.05, 3.63) is 18.0 Å². The summed E-state index contributed by atoms with van der Waals surface area (Å²) in [6.07, 6.45) is 1.18. The van der Waals surface area contributed by atoms with Gasteiger partial charge in [0.05, 0.1) is 0 Å². The molecule has 0 bridgehead atoms. The first-order valence-electron chi connectivity index (χ1n) is 5.36. The number of aromatic nitrogens is 2. The SMILES string of the molecule is CC(NC(=O)c1ccnn1C(F)F)C(C)(C)C. The molecule has 0 spiro atoms. The number of rotatable bonds is 3. The Labute approximate surface area is 99.0 Å². The van der Waals surface area contributed by atoms with Crippen molar-refractivity contribution in [3.63, 3.8) is 0 Å². The van der Waals surface area contributed by atoms with Gasteiger partial charge in [-0.1, -0.05) is 20.8 Å². The van der Waals surface area contributed by atoms with Crippen molar-refractivity contribution < 1.29 is 13.6 Å². The van der Waals surface area contributed by atoms with Gasteiger partial charge in [0.25, 0.3) is 5.91 Å². The second kappa shape index (κ2) is 4.81. The van der Waals surface area contributed by atoms with Crippen molar-refractivity contribution >= 4 is 5.91 Å². The molecule has 0 radical (unpaired) electrons. The molecule has 17 heavy (non-hydrogen) atoms. The van der Waals surface area contributed by atoms with Crippen LogP contribution in [0.4, 0.5) is 8.78 Å². The van der Waals surface area contributed by atoms with Crippen LogP contribution in [0.2, 0.25) is 0 Å². The molecule has 6 heteroatoms. The zero-order valence-corrected chi connectivity index (χ0v) is 10.4. The van der Waals surface area contributed by atoms with Crippen molar-refractivity contribution in [3.8, 4) is 0 Å². The maximum atomic E-state index is 12.5. The number of carbonyl (C=O) groups excluding carboxylic acids is 1. The lowest BCUT2D eigenvalue weighted by atomic mass is 9.88. The summed E-state index contributed by atoms with van der Waals surface area (Å²) in [6.45, 7) is 4.91. The summed E-state index contributed by atoms with van der Waals surface area (Å²) < 4.78 is 25.4. The van der Waals surface area contributed by atoms with E-state index < -0.39 is 12.5 Å². The van der Waals surface area contributed by atoms with Crippen LogP contribution in [0.1, 0.15) is 44.7 Å². The average Bonchev–Trinajstić information content (AvgIpc) is 2.63. The van der Waals surface area contributed by atoms with Crippen molar-refractivity contribution in [2.45, 2.75) is 40.3 Å². The van der Waals surface area contributed by atoms with Gasteiger partial charge < -0.3 is 5.32 Å². The van der Waals surface area contributed by atoms with Gasteiger partial charge in [-0.3, -0.25) is 4.79 Å². The highest BCUT2D eigenvalue weighted by molar-refractivity contribution is 5.92. The molecule has 0 aliphatic rings. The highest BCUT2D eigenvalue weighted by atomic mass is 19.3. The number of carbonyl (C=O) groups is 1. The van der Waals surface area contributed by atoms with Crippen LogP contribution < -0.4 is 5.32 Å². The van der Waals surface area contributed by atoms with E-state index in [1.54, 1.807) is 0 Å². The molecule has 0 saturated heterocycles. The Morgan fingerprint density at radius 3 is 2.53 bits per heavy atom. The van der Waals surface area contributed by atoms with Gasteiger partial charge in [-0.25, -0.2) is 0 Å². The minimum atomic E-state index is -2.81. The van der Waals surface area contributed by atoms with E-state index in [1.165, 1.54) is 12.3 Å². The quantitative estimate of drug-likeness (QED) is 0.889. The van der Waals surface area contributed by atoms with E-state index in [9.17, 15) is 13.6 Å². The predicted molar refractivity (Wildman–Crippen MR) is 59.9 cm³/mol. The molecule has 1 N–H and O–H groups in total. The van der Waals surface area contributed by atoms with Crippen LogP contribution in [0.5, 0.6) is 0 Å². The fourth-order valence-corrected chi connectivity index (χ4v) is 1.14. The van der Waals surface area contributed by atoms with Crippen LogP contribution in [0, 0.1) is 5.41 Å². The molecule has 1 aromatic heterocycles. The molecule has 0 aliphatic carbocycles. The number of nitrogens with one attached hydrogen (secondary N) is 1. The summed E-state index contributed by atoms with van der Waals surface area (Å²) in [4.78, 5) is 11.8. The van der Waals surface area contributed by atoms with Crippen LogP contribution in [-0.4, -0.2) is 21.7 Å². The smallest absolute Gasteiger partial charge is 0.333 e. The molecule has 0 aromatic carbocycles. The summed E-state index contributed by atoms with van der Waals surface area (Å²) >= 11 is 0. The molecule has 0 saturated carbocycles. The largest absolute Gasteiger partial charge is 0.348 e. The van der Waals surface area contributed by atoms with Crippen molar-refractivity contribution in [2.75, 3.05) is 0 Å². The Balaban J connectivity index is 2.81. The average molecular weight is 245 g/mol. The van der Waals surface area contributed by atoms with Crippen molar-refractivity contribution in [1.82, 2.24) is 15.1 Å². The molecular weight excluding hydrogens is 228 g/mol. The third-order valence-electron chi connectivity index (χ3n) is 2.73. The minimum absolute atomic E-state index is 0.129. The van der Waals surface area contributed by atoms with Gasteiger partial charge in [0.15, 0.2) is 0 Å². The second-order valence-electron chi connectivity index (χ2n) is 5.00. The molecule has 1 amide bonds. The number of hydrogen-bond donors (Lipinski definition) is 1. The molecule has 0 fully saturated rings. The van der Waals surface area contributed by atoms with Crippen LogP contribution in [0.25, 0.3) is 0 Å². The van der Waals surface area contributed by atoms with Gasteiger partial charge in [0.2, 0.25) is 0 Å².